The average molecular weight is 408 g/mol. The molecular formula is C22H29N7O+2. The van der Waals surface area contributed by atoms with Gasteiger partial charge < -0.3 is 25.6 Å². The molecular weight excluding hydrogens is 378 g/mol. The molecule has 0 spiro atoms. The SMILES string of the molecule is COc1cccc(Nc2nc(N)nc(C[NH+]3CC[NH+](Cc4ccccc4)CC3)n2)c1. The Morgan fingerprint density at radius 2 is 1.63 bits per heavy atom. The molecule has 1 aromatic heterocycles. The third-order valence-corrected chi connectivity index (χ3v) is 5.39. The molecule has 8 heteroatoms. The molecule has 0 bridgehead atoms. The maximum Gasteiger partial charge on any atom is 0.232 e. The summed E-state index contributed by atoms with van der Waals surface area (Å²) in [5, 5.41) is 3.20. The standard InChI is InChI=1S/C22H27N7O/c1-30-19-9-5-8-18(14-19)24-22-26-20(25-21(23)27-22)16-29-12-10-28(11-13-29)15-17-6-3-2-4-7-17/h2-9,14H,10-13,15-16H2,1H3,(H3,23,24,25,26,27)/p+2. The molecule has 0 atom stereocenters. The van der Waals surface area contributed by atoms with Crippen molar-refractivity contribution in [3.63, 3.8) is 0 Å². The van der Waals surface area contributed by atoms with Gasteiger partial charge in [0.1, 0.15) is 45.0 Å². The van der Waals surface area contributed by atoms with Crippen molar-refractivity contribution in [1.82, 2.24) is 15.0 Å². The fourth-order valence-electron chi connectivity index (χ4n) is 3.82. The second-order valence-corrected chi connectivity index (χ2v) is 7.63. The van der Waals surface area contributed by atoms with Gasteiger partial charge in [-0.25, -0.2) is 0 Å². The van der Waals surface area contributed by atoms with E-state index < -0.39 is 0 Å². The van der Waals surface area contributed by atoms with E-state index in [1.807, 2.05) is 24.3 Å². The van der Waals surface area contributed by atoms with E-state index in [2.05, 4.69) is 50.6 Å². The number of nitrogens with one attached hydrogen (secondary N) is 3. The summed E-state index contributed by atoms with van der Waals surface area (Å²) in [6.45, 7) is 6.29. The summed E-state index contributed by atoms with van der Waals surface area (Å²) in [6.07, 6.45) is 0. The van der Waals surface area contributed by atoms with Crippen LogP contribution in [0.3, 0.4) is 0 Å². The van der Waals surface area contributed by atoms with E-state index >= 15 is 0 Å². The Kier molecular flexibility index (Phi) is 6.36. The van der Waals surface area contributed by atoms with E-state index in [4.69, 9.17) is 10.5 Å². The number of hydrogen-bond donors (Lipinski definition) is 4. The van der Waals surface area contributed by atoms with Crippen molar-refractivity contribution in [3.05, 3.63) is 66.0 Å². The summed E-state index contributed by atoms with van der Waals surface area (Å²) in [4.78, 5) is 16.3. The van der Waals surface area contributed by atoms with Crippen molar-refractivity contribution in [2.45, 2.75) is 13.1 Å². The van der Waals surface area contributed by atoms with E-state index in [1.54, 1.807) is 12.0 Å². The Morgan fingerprint density at radius 3 is 2.37 bits per heavy atom. The van der Waals surface area contributed by atoms with Gasteiger partial charge >= 0.3 is 0 Å². The number of hydrogen-bond acceptors (Lipinski definition) is 6. The highest BCUT2D eigenvalue weighted by molar-refractivity contribution is 5.56. The van der Waals surface area contributed by atoms with E-state index in [0.29, 0.717) is 5.95 Å². The molecule has 1 aliphatic heterocycles. The van der Waals surface area contributed by atoms with Crippen LogP contribution in [0.2, 0.25) is 0 Å². The molecule has 3 aromatic rings. The van der Waals surface area contributed by atoms with Gasteiger partial charge in [-0.1, -0.05) is 36.4 Å². The number of rotatable bonds is 7. The lowest BCUT2D eigenvalue weighted by molar-refractivity contribution is -1.02. The lowest BCUT2D eigenvalue weighted by Crippen LogP contribution is -3.27. The molecule has 4 rings (SSSR count). The Balaban J connectivity index is 1.34. The van der Waals surface area contributed by atoms with Crippen LogP contribution in [0.15, 0.2) is 54.6 Å². The molecule has 30 heavy (non-hydrogen) atoms. The Hall–Kier alpha value is -3.23. The Morgan fingerprint density at radius 1 is 0.900 bits per heavy atom. The quantitative estimate of drug-likeness (QED) is 0.429. The molecule has 1 saturated heterocycles. The number of nitrogen functional groups attached to an aromatic ring is 1. The van der Waals surface area contributed by atoms with Gasteiger partial charge in [-0.2, -0.15) is 15.0 Å². The third kappa shape index (κ3) is 5.43. The highest BCUT2D eigenvalue weighted by atomic mass is 16.5. The second kappa shape index (κ2) is 9.51. The number of benzene rings is 2. The number of ether oxygens (including phenoxy) is 1. The summed E-state index contributed by atoms with van der Waals surface area (Å²) < 4.78 is 5.26. The van der Waals surface area contributed by atoms with Crippen molar-refractivity contribution in [3.8, 4) is 5.75 Å². The van der Waals surface area contributed by atoms with Crippen LogP contribution in [0.25, 0.3) is 0 Å². The van der Waals surface area contributed by atoms with Gasteiger partial charge in [-0.05, 0) is 12.1 Å². The smallest absolute Gasteiger partial charge is 0.232 e. The molecule has 156 valence electrons. The van der Waals surface area contributed by atoms with Crippen molar-refractivity contribution < 1.29 is 14.5 Å². The average Bonchev–Trinajstić information content (AvgIpc) is 2.76. The van der Waals surface area contributed by atoms with Gasteiger partial charge in [0.2, 0.25) is 11.9 Å². The first-order valence-corrected chi connectivity index (χ1v) is 10.3. The van der Waals surface area contributed by atoms with Crippen LogP contribution in [0.5, 0.6) is 5.75 Å². The highest BCUT2D eigenvalue weighted by Gasteiger charge is 2.24. The Bertz CT molecular complexity index is 959. The van der Waals surface area contributed by atoms with Crippen LogP contribution < -0.4 is 25.6 Å². The lowest BCUT2D eigenvalue weighted by atomic mass is 10.2. The minimum Gasteiger partial charge on any atom is -0.497 e. The second-order valence-electron chi connectivity index (χ2n) is 7.63. The first kappa shape index (κ1) is 20.1. The maximum atomic E-state index is 5.94. The topological polar surface area (TPSA) is 94.8 Å². The maximum absolute atomic E-state index is 5.94. The minimum atomic E-state index is 0.234. The molecule has 1 fully saturated rings. The molecule has 2 aromatic carbocycles. The van der Waals surface area contributed by atoms with Crippen LogP contribution in [0.1, 0.15) is 11.4 Å². The number of quaternary nitrogens is 2. The van der Waals surface area contributed by atoms with Crippen molar-refractivity contribution in [2.24, 2.45) is 0 Å². The van der Waals surface area contributed by atoms with Gasteiger partial charge in [0.05, 0.1) is 7.11 Å². The fraction of sp³-hybridized carbons (Fsp3) is 0.318. The summed E-state index contributed by atoms with van der Waals surface area (Å²) in [7, 11) is 1.64. The highest BCUT2D eigenvalue weighted by Crippen LogP contribution is 2.19. The Labute approximate surface area is 176 Å². The molecule has 0 unspecified atom stereocenters. The van der Waals surface area contributed by atoms with E-state index in [0.717, 1.165) is 56.5 Å². The molecule has 0 radical (unpaired) electrons. The van der Waals surface area contributed by atoms with Crippen molar-refractivity contribution in [1.29, 1.82) is 0 Å². The zero-order valence-corrected chi connectivity index (χ0v) is 17.3. The number of nitrogens with two attached hydrogens (primary N) is 1. The van der Waals surface area contributed by atoms with Gasteiger partial charge in [0.15, 0.2) is 5.82 Å². The first-order valence-electron chi connectivity index (χ1n) is 10.3. The first-order chi connectivity index (χ1) is 14.7. The number of aromatic nitrogens is 3. The predicted octanol–water partition coefficient (Wildman–Crippen LogP) is -0.310. The van der Waals surface area contributed by atoms with E-state index in [-0.39, 0.29) is 5.95 Å². The van der Waals surface area contributed by atoms with Gasteiger partial charge in [-0.3, -0.25) is 0 Å². The molecule has 0 saturated carbocycles. The molecule has 0 amide bonds. The lowest BCUT2D eigenvalue weighted by Gasteiger charge is -2.29. The van der Waals surface area contributed by atoms with Crippen molar-refractivity contribution in [2.75, 3.05) is 44.3 Å². The van der Waals surface area contributed by atoms with Crippen LogP contribution in [-0.2, 0) is 13.1 Å². The monoisotopic (exact) mass is 407 g/mol. The minimum absolute atomic E-state index is 0.234. The van der Waals surface area contributed by atoms with E-state index in [9.17, 15) is 0 Å². The summed E-state index contributed by atoms with van der Waals surface area (Å²) in [5.41, 5.74) is 8.18. The van der Waals surface area contributed by atoms with E-state index in [1.165, 1.54) is 10.5 Å². The van der Waals surface area contributed by atoms with Crippen molar-refractivity contribution >= 4 is 17.6 Å². The zero-order valence-electron chi connectivity index (χ0n) is 17.3. The summed E-state index contributed by atoms with van der Waals surface area (Å²) in [6, 6.07) is 18.3. The summed E-state index contributed by atoms with van der Waals surface area (Å²) >= 11 is 0. The fourth-order valence-corrected chi connectivity index (χ4v) is 3.82. The molecule has 0 aliphatic carbocycles. The largest absolute Gasteiger partial charge is 0.497 e. The normalized spacial score (nSPS) is 18.7. The van der Waals surface area contributed by atoms with Crippen LogP contribution >= 0.6 is 0 Å². The van der Waals surface area contributed by atoms with Crippen LogP contribution in [-0.4, -0.2) is 48.2 Å². The number of anilines is 3. The molecule has 1 aliphatic rings. The zero-order chi connectivity index (χ0) is 20.8. The van der Waals surface area contributed by atoms with Gasteiger partial charge in [-0.15, -0.1) is 0 Å². The number of piperazine rings is 1. The van der Waals surface area contributed by atoms with Gasteiger partial charge in [0.25, 0.3) is 0 Å². The van der Waals surface area contributed by atoms with Gasteiger partial charge in [0, 0.05) is 17.3 Å². The molecule has 5 N–H and O–H groups in total. The third-order valence-electron chi connectivity index (χ3n) is 5.39. The van der Waals surface area contributed by atoms with Crippen LogP contribution in [0.4, 0.5) is 17.6 Å². The number of nitrogens with zero attached hydrogens (tertiary/aromatic N) is 3. The predicted molar refractivity (Wildman–Crippen MR) is 116 cm³/mol. The summed E-state index contributed by atoms with van der Waals surface area (Å²) in [5.74, 6) is 2.17. The van der Waals surface area contributed by atoms with Crippen LogP contribution in [0, 0.1) is 0 Å². The molecule has 2 heterocycles. The molecule has 8 nitrogen and oxygen atoms in total. The number of methoxy groups -OCH3 is 1.